The number of nitrogens with two attached hydrogens (primary N) is 1. The molecule has 0 bridgehead atoms. The van der Waals surface area contributed by atoms with E-state index in [1.54, 1.807) is 4.90 Å². The number of hydrogen-bond donors (Lipinski definition) is 2. The lowest BCUT2D eigenvalue weighted by Gasteiger charge is -2.31. The Morgan fingerprint density at radius 3 is 2.55 bits per heavy atom. The lowest BCUT2D eigenvalue weighted by molar-refractivity contribution is -0.116. The van der Waals surface area contributed by atoms with Crippen molar-refractivity contribution in [1.29, 1.82) is 0 Å². The van der Waals surface area contributed by atoms with Crippen LogP contribution in [0.2, 0.25) is 0 Å². The maximum atomic E-state index is 13.8. The van der Waals surface area contributed by atoms with E-state index in [-0.39, 0.29) is 18.3 Å². The van der Waals surface area contributed by atoms with Crippen LogP contribution in [0.4, 0.5) is 10.1 Å². The zero-order valence-electron chi connectivity index (χ0n) is 11.0. The second-order valence-electron chi connectivity index (χ2n) is 4.97. The summed E-state index contributed by atoms with van der Waals surface area (Å²) in [6.07, 6.45) is 3.72. The molecule has 1 fully saturated rings. The van der Waals surface area contributed by atoms with E-state index in [0.29, 0.717) is 0 Å². The van der Waals surface area contributed by atoms with Crippen molar-refractivity contribution in [3.63, 3.8) is 0 Å². The van der Waals surface area contributed by atoms with Crippen molar-refractivity contribution in [2.75, 3.05) is 11.4 Å². The van der Waals surface area contributed by atoms with Crippen molar-refractivity contribution in [2.24, 2.45) is 5.73 Å². The molecule has 0 heterocycles. The molecule has 2 rings (SSSR count). The van der Waals surface area contributed by atoms with Gasteiger partial charge in [0.2, 0.25) is 5.91 Å². The number of halogens is 1. The molecule has 3 N–H and O–H groups in total. The van der Waals surface area contributed by atoms with Crippen LogP contribution in [0.1, 0.15) is 36.0 Å². The van der Waals surface area contributed by atoms with Crippen molar-refractivity contribution in [2.45, 2.75) is 31.7 Å². The van der Waals surface area contributed by atoms with Crippen LogP contribution < -0.4 is 10.6 Å². The number of carboxylic acids is 1. The average Bonchev–Trinajstić information content (AvgIpc) is 2.88. The van der Waals surface area contributed by atoms with Crippen LogP contribution in [0.5, 0.6) is 0 Å². The lowest BCUT2D eigenvalue weighted by Crippen LogP contribution is -2.41. The molecule has 1 amide bonds. The minimum Gasteiger partial charge on any atom is -0.478 e. The van der Waals surface area contributed by atoms with Gasteiger partial charge in [-0.05, 0) is 25.0 Å². The van der Waals surface area contributed by atoms with E-state index < -0.39 is 23.3 Å². The van der Waals surface area contributed by atoms with E-state index in [9.17, 15) is 19.1 Å². The summed E-state index contributed by atoms with van der Waals surface area (Å²) >= 11 is 0. The first-order valence-corrected chi connectivity index (χ1v) is 6.57. The van der Waals surface area contributed by atoms with Crippen LogP contribution in [0.3, 0.4) is 0 Å². The van der Waals surface area contributed by atoms with Gasteiger partial charge in [-0.25, -0.2) is 9.18 Å². The number of hydrogen-bond acceptors (Lipinski definition) is 3. The molecule has 1 aliphatic rings. The summed E-state index contributed by atoms with van der Waals surface area (Å²) in [5.74, 6) is -2.70. The molecular formula is C14H17FN2O3. The zero-order valence-corrected chi connectivity index (χ0v) is 11.0. The molecule has 1 aliphatic carbocycles. The highest BCUT2D eigenvalue weighted by Crippen LogP contribution is 2.31. The van der Waals surface area contributed by atoms with Gasteiger partial charge < -0.3 is 15.7 Å². The third-order valence-electron chi connectivity index (χ3n) is 3.61. The molecule has 0 atom stereocenters. The third kappa shape index (κ3) is 2.89. The number of aromatic carboxylic acids is 1. The second kappa shape index (κ2) is 5.90. The van der Waals surface area contributed by atoms with Gasteiger partial charge in [0.25, 0.3) is 0 Å². The van der Waals surface area contributed by atoms with E-state index in [1.807, 2.05) is 0 Å². The monoisotopic (exact) mass is 280 g/mol. The number of anilines is 1. The molecule has 5 nitrogen and oxygen atoms in total. The first-order chi connectivity index (χ1) is 9.50. The number of rotatable bonds is 5. The Labute approximate surface area is 116 Å². The van der Waals surface area contributed by atoms with Crippen LogP contribution in [-0.4, -0.2) is 29.6 Å². The number of carbonyl (C=O) groups excluding carboxylic acids is 1. The molecule has 0 radical (unpaired) electrons. The fraction of sp³-hybridized carbons (Fsp3) is 0.429. The van der Waals surface area contributed by atoms with Gasteiger partial charge in [0.1, 0.15) is 11.4 Å². The third-order valence-corrected chi connectivity index (χ3v) is 3.61. The Morgan fingerprint density at radius 2 is 2.00 bits per heavy atom. The van der Waals surface area contributed by atoms with Crippen molar-refractivity contribution >= 4 is 17.6 Å². The number of nitrogens with zero attached hydrogens (tertiary/aromatic N) is 1. The Bertz CT molecular complexity index is 527. The van der Waals surface area contributed by atoms with Crippen LogP contribution in [0.15, 0.2) is 18.2 Å². The standard InChI is InChI=1S/C14H17FN2O3/c15-10-6-3-7-11(13(10)14(19)20)17(8-12(16)18)9-4-1-2-5-9/h3,6-7,9H,1-2,4-5,8H2,(H2,16,18)(H,19,20). The van der Waals surface area contributed by atoms with Crippen molar-refractivity contribution in [3.8, 4) is 0 Å². The molecule has 0 spiro atoms. The maximum absolute atomic E-state index is 13.8. The highest BCUT2D eigenvalue weighted by molar-refractivity contribution is 5.95. The summed E-state index contributed by atoms with van der Waals surface area (Å²) in [5, 5.41) is 9.19. The smallest absolute Gasteiger partial charge is 0.340 e. The van der Waals surface area contributed by atoms with Crippen molar-refractivity contribution in [3.05, 3.63) is 29.6 Å². The topological polar surface area (TPSA) is 83.6 Å². The Balaban J connectivity index is 2.44. The van der Waals surface area contributed by atoms with Crippen LogP contribution >= 0.6 is 0 Å². The first kappa shape index (κ1) is 14.3. The van der Waals surface area contributed by atoms with Crippen LogP contribution in [0.25, 0.3) is 0 Å². The van der Waals surface area contributed by atoms with E-state index in [1.165, 1.54) is 12.1 Å². The van der Waals surface area contributed by atoms with Gasteiger partial charge in [-0.2, -0.15) is 0 Å². The number of carbonyl (C=O) groups is 2. The summed E-state index contributed by atoms with van der Waals surface area (Å²) in [6.45, 7) is -0.103. The highest BCUT2D eigenvalue weighted by atomic mass is 19.1. The van der Waals surface area contributed by atoms with Gasteiger partial charge in [0.15, 0.2) is 0 Å². The van der Waals surface area contributed by atoms with E-state index in [0.717, 1.165) is 31.7 Å². The molecule has 0 saturated heterocycles. The lowest BCUT2D eigenvalue weighted by atomic mass is 10.1. The second-order valence-corrected chi connectivity index (χ2v) is 4.97. The summed E-state index contributed by atoms with van der Waals surface area (Å²) < 4.78 is 13.8. The van der Waals surface area contributed by atoms with Gasteiger partial charge >= 0.3 is 5.97 Å². The minimum absolute atomic E-state index is 0.0300. The Hall–Kier alpha value is -2.11. The van der Waals surface area contributed by atoms with Gasteiger partial charge in [-0.15, -0.1) is 0 Å². The number of carboxylic acid groups (broad SMARTS) is 1. The number of amides is 1. The Morgan fingerprint density at radius 1 is 1.35 bits per heavy atom. The summed E-state index contributed by atoms with van der Waals surface area (Å²) in [4.78, 5) is 24.1. The van der Waals surface area contributed by atoms with Crippen LogP contribution in [-0.2, 0) is 4.79 Å². The Kier molecular flexibility index (Phi) is 4.22. The summed E-state index contributed by atoms with van der Waals surface area (Å²) in [5.41, 5.74) is 5.06. The zero-order chi connectivity index (χ0) is 14.7. The molecule has 1 aromatic carbocycles. The van der Waals surface area contributed by atoms with Gasteiger partial charge in [-0.3, -0.25) is 4.79 Å². The summed E-state index contributed by atoms with van der Waals surface area (Å²) in [6, 6.07) is 4.10. The average molecular weight is 280 g/mol. The fourth-order valence-corrected chi connectivity index (χ4v) is 2.76. The molecule has 6 heteroatoms. The predicted octanol–water partition coefficient (Wildman–Crippen LogP) is 1.76. The predicted molar refractivity (Wildman–Crippen MR) is 72.2 cm³/mol. The van der Waals surface area contributed by atoms with Gasteiger partial charge in [0, 0.05) is 6.04 Å². The molecule has 20 heavy (non-hydrogen) atoms. The van der Waals surface area contributed by atoms with Gasteiger partial charge in [-0.1, -0.05) is 18.9 Å². The largest absolute Gasteiger partial charge is 0.478 e. The fourth-order valence-electron chi connectivity index (χ4n) is 2.76. The molecular weight excluding hydrogens is 263 g/mol. The highest BCUT2D eigenvalue weighted by Gasteiger charge is 2.28. The number of primary amides is 1. The first-order valence-electron chi connectivity index (χ1n) is 6.57. The summed E-state index contributed by atoms with van der Waals surface area (Å²) in [7, 11) is 0. The molecule has 1 aromatic rings. The SMILES string of the molecule is NC(=O)CN(c1cccc(F)c1C(=O)O)C1CCCC1. The van der Waals surface area contributed by atoms with Crippen molar-refractivity contribution < 1.29 is 19.1 Å². The van der Waals surface area contributed by atoms with E-state index in [2.05, 4.69) is 0 Å². The van der Waals surface area contributed by atoms with Crippen LogP contribution in [0, 0.1) is 5.82 Å². The minimum atomic E-state index is -1.34. The quantitative estimate of drug-likeness (QED) is 0.860. The van der Waals surface area contributed by atoms with Gasteiger partial charge in [0.05, 0.1) is 12.2 Å². The molecule has 1 saturated carbocycles. The van der Waals surface area contributed by atoms with E-state index in [4.69, 9.17) is 5.73 Å². The molecule has 0 aliphatic heterocycles. The van der Waals surface area contributed by atoms with Crippen molar-refractivity contribution in [1.82, 2.24) is 0 Å². The molecule has 108 valence electrons. The normalized spacial score (nSPS) is 15.2. The maximum Gasteiger partial charge on any atom is 0.340 e. The van der Waals surface area contributed by atoms with E-state index >= 15 is 0 Å². The number of benzene rings is 1. The molecule has 0 aromatic heterocycles. The molecule has 0 unspecified atom stereocenters.